The molecule has 0 saturated heterocycles. The van der Waals surface area contributed by atoms with Crippen molar-refractivity contribution in [1.29, 1.82) is 0 Å². The number of sulfonamides is 1. The van der Waals surface area contributed by atoms with Crippen LogP contribution in [-0.4, -0.2) is 38.9 Å². The number of rotatable bonds is 7. The summed E-state index contributed by atoms with van der Waals surface area (Å²) in [6.07, 6.45) is 5.39. The molecule has 0 atom stereocenters. The largest absolute Gasteiger partial charge is 0.385 e. The van der Waals surface area contributed by atoms with Gasteiger partial charge in [0.1, 0.15) is 5.82 Å². The zero-order valence-corrected chi connectivity index (χ0v) is 16.3. The van der Waals surface area contributed by atoms with E-state index in [4.69, 9.17) is 4.74 Å². The molecule has 2 amide bonds. The number of hydrogen-bond acceptors (Lipinski definition) is 5. The highest BCUT2D eigenvalue weighted by Gasteiger charge is 2.25. The number of amides is 2. The Labute approximate surface area is 163 Å². The lowest BCUT2D eigenvalue weighted by atomic mass is 9.97. The van der Waals surface area contributed by atoms with Gasteiger partial charge in [-0.1, -0.05) is 0 Å². The first-order chi connectivity index (χ1) is 13.4. The number of carbonyl (C=O) groups excluding carboxylic acids is 1. The van der Waals surface area contributed by atoms with Crippen LogP contribution in [0.15, 0.2) is 30.6 Å². The summed E-state index contributed by atoms with van der Waals surface area (Å²) in [5, 5.41) is 2.64. The second kappa shape index (κ2) is 8.66. The average molecular weight is 407 g/mol. The monoisotopic (exact) mass is 407 g/mol. The summed E-state index contributed by atoms with van der Waals surface area (Å²) in [5.74, 6) is -0.551. The standard InChI is InChI=1S/C19H22FN3O4S/c1-27-10-3-11-28(25,26)23-19(24)22-18-15-5-2-4-14(15)17(20)12-16(18)13-6-8-21-9-7-13/h6-9,12H,2-5,10-11H2,1H3,(H2,22,23,24). The van der Waals surface area contributed by atoms with E-state index in [1.165, 1.54) is 13.2 Å². The van der Waals surface area contributed by atoms with Crippen molar-refractivity contribution in [1.82, 2.24) is 9.71 Å². The van der Waals surface area contributed by atoms with E-state index in [9.17, 15) is 17.6 Å². The predicted molar refractivity (Wildman–Crippen MR) is 104 cm³/mol. The molecule has 9 heteroatoms. The summed E-state index contributed by atoms with van der Waals surface area (Å²) >= 11 is 0. The highest BCUT2D eigenvalue weighted by molar-refractivity contribution is 7.90. The van der Waals surface area contributed by atoms with Crippen molar-refractivity contribution in [3.63, 3.8) is 0 Å². The highest BCUT2D eigenvalue weighted by atomic mass is 32.2. The Morgan fingerprint density at radius 2 is 1.96 bits per heavy atom. The van der Waals surface area contributed by atoms with E-state index in [2.05, 4.69) is 10.3 Å². The van der Waals surface area contributed by atoms with Crippen molar-refractivity contribution in [2.24, 2.45) is 0 Å². The number of anilines is 1. The van der Waals surface area contributed by atoms with E-state index < -0.39 is 16.1 Å². The van der Waals surface area contributed by atoms with Gasteiger partial charge in [0.15, 0.2) is 0 Å². The number of carbonyl (C=O) groups is 1. The van der Waals surface area contributed by atoms with Gasteiger partial charge in [-0.25, -0.2) is 22.3 Å². The van der Waals surface area contributed by atoms with E-state index in [0.29, 0.717) is 40.8 Å². The number of halogens is 1. The van der Waals surface area contributed by atoms with Gasteiger partial charge in [-0.3, -0.25) is 4.98 Å². The van der Waals surface area contributed by atoms with Gasteiger partial charge in [0.2, 0.25) is 10.0 Å². The Hall–Kier alpha value is -2.52. The quantitative estimate of drug-likeness (QED) is 0.688. The summed E-state index contributed by atoms with van der Waals surface area (Å²) in [7, 11) is -2.32. The molecule has 1 aromatic heterocycles. The summed E-state index contributed by atoms with van der Waals surface area (Å²) in [6, 6.07) is 3.93. The summed E-state index contributed by atoms with van der Waals surface area (Å²) < 4.78 is 45.5. The van der Waals surface area contributed by atoms with Crippen LogP contribution in [0, 0.1) is 5.82 Å². The van der Waals surface area contributed by atoms with E-state index in [1.54, 1.807) is 24.5 Å². The van der Waals surface area contributed by atoms with Crippen LogP contribution in [0.2, 0.25) is 0 Å². The van der Waals surface area contributed by atoms with Crippen LogP contribution < -0.4 is 10.0 Å². The fraction of sp³-hybridized carbons (Fsp3) is 0.368. The van der Waals surface area contributed by atoms with Crippen LogP contribution >= 0.6 is 0 Å². The smallest absolute Gasteiger partial charge is 0.332 e. The third-order valence-electron chi connectivity index (χ3n) is 4.59. The molecule has 0 unspecified atom stereocenters. The lowest BCUT2D eigenvalue weighted by Crippen LogP contribution is -2.36. The van der Waals surface area contributed by atoms with Gasteiger partial charge in [0.25, 0.3) is 0 Å². The lowest BCUT2D eigenvalue weighted by Gasteiger charge is -2.17. The molecule has 3 rings (SSSR count). The number of ether oxygens (including phenoxy) is 1. The van der Waals surface area contributed by atoms with Crippen LogP contribution in [0.3, 0.4) is 0 Å². The molecule has 0 saturated carbocycles. The SMILES string of the molecule is COCCCS(=O)(=O)NC(=O)Nc1c(-c2ccncc2)cc(F)c2c1CCC2. The predicted octanol–water partition coefficient (Wildman–Crippen LogP) is 2.86. The van der Waals surface area contributed by atoms with Crippen molar-refractivity contribution in [2.45, 2.75) is 25.7 Å². The minimum atomic E-state index is -3.80. The molecule has 0 aliphatic heterocycles. The van der Waals surface area contributed by atoms with Gasteiger partial charge in [0, 0.05) is 31.7 Å². The molecular formula is C19H22FN3O4S. The van der Waals surface area contributed by atoms with Crippen molar-refractivity contribution < 1.29 is 22.3 Å². The number of benzene rings is 1. The molecule has 150 valence electrons. The van der Waals surface area contributed by atoms with Crippen LogP contribution in [-0.2, 0) is 27.6 Å². The van der Waals surface area contributed by atoms with Crippen LogP contribution in [0.4, 0.5) is 14.9 Å². The topological polar surface area (TPSA) is 97.4 Å². The van der Waals surface area contributed by atoms with Crippen molar-refractivity contribution in [3.05, 3.63) is 47.5 Å². The number of methoxy groups -OCH3 is 1. The first kappa shape index (κ1) is 20.2. The van der Waals surface area contributed by atoms with Gasteiger partial charge < -0.3 is 10.1 Å². The Morgan fingerprint density at radius 3 is 2.68 bits per heavy atom. The highest BCUT2D eigenvalue weighted by Crippen LogP contribution is 2.39. The Bertz CT molecular complexity index is 965. The molecule has 28 heavy (non-hydrogen) atoms. The minimum absolute atomic E-state index is 0.229. The molecular weight excluding hydrogens is 385 g/mol. The Balaban J connectivity index is 1.89. The number of pyridine rings is 1. The molecule has 7 nitrogen and oxygen atoms in total. The summed E-state index contributed by atoms with van der Waals surface area (Å²) in [6.45, 7) is 0.278. The first-order valence-corrected chi connectivity index (χ1v) is 10.6. The molecule has 0 fully saturated rings. The maximum atomic E-state index is 14.5. The molecule has 0 bridgehead atoms. The summed E-state index contributed by atoms with van der Waals surface area (Å²) in [5.41, 5.74) is 2.88. The molecule has 0 spiro atoms. The van der Waals surface area contributed by atoms with E-state index >= 15 is 0 Å². The molecule has 0 radical (unpaired) electrons. The molecule has 1 aromatic carbocycles. The number of fused-ring (bicyclic) bond motifs is 1. The van der Waals surface area contributed by atoms with Crippen molar-refractivity contribution in [3.8, 4) is 11.1 Å². The van der Waals surface area contributed by atoms with Gasteiger partial charge in [0.05, 0.1) is 11.4 Å². The van der Waals surface area contributed by atoms with Crippen molar-refractivity contribution >= 4 is 21.7 Å². The fourth-order valence-corrected chi connectivity index (χ4v) is 4.29. The van der Waals surface area contributed by atoms with Crippen LogP contribution in [0.25, 0.3) is 11.1 Å². The number of aromatic nitrogens is 1. The zero-order valence-electron chi connectivity index (χ0n) is 15.5. The second-order valence-electron chi connectivity index (χ2n) is 6.55. The number of nitrogens with one attached hydrogen (secondary N) is 2. The van der Waals surface area contributed by atoms with Gasteiger partial charge in [-0.15, -0.1) is 0 Å². The zero-order chi connectivity index (χ0) is 20.1. The third kappa shape index (κ3) is 4.66. The van der Waals surface area contributed by atoms with Crippen LogP contribution in [0.1, 0.15) is 24.0 Å². The maximum Gasteiger partial charge on any atom is 0.332 e. The summed E-state index contributed by atoms with van der Waals surface area (Å²) in [4.78, 5) is 16.3. The molecule has 2 N–H and O–H groups in total. The maximum absolute atomic E-state index is 14.5. The van der Waals surface area contributed by atoms with Gasteiger partial charge in [-0.2, -0.15) is 0 Å². The first-order valence-electron chi connectivity index (χ1n) is 8.96. The number of urea groups is 1. The van der Waals surface area contributed by atoms with Gasteiger partial charge in [-0.05, 0) is 60.6 Å². The number of nitrogens with zero attached hydrogens (tertiary/aromatic N) is 1. The minimum Gasteiger partial charge on any atom is -0.385 e. The second-order valence-corrected chi connectivity index (χ2v) is 8.39. The normalized spacial score (nSPS) is 13.2. The van der Waals surface area contributed by atoms with E-state index in [0.717, 1.165) is 6.42 Å². The molecule has 1 aliphatic rings. The molecule has 1 heterocycles. The Morgan fingerprint density at radius 1 is 1.25 bits per heavy atom. The lowest BCUT2D eigenvalue weighted by molar-refractivity contribution is 0.199. The van der Waals surface area contributed by atoms with E-state index in [1.807, 2.05) is 4.72 Å². The fourth-order valence-electron chi connectivity index (χ4n) is 3.36. The van der Waals surface area contributed by atoms with Crippen LogP contribution in [0.5, 0.6) is 0 Å². The van der Waals surface area contributed by atoms with Gasteiger partial charge >= 0.3 is 6.03 Å². The van der Waals surface area contributed by atoms with Crippen molar-refractivity contribution in [2.75, 3.05) is 24.8 Å². The molecule has 2 aromatic rings. The Kier molecular flexibility index (Phi) is 6.25. The third-order valence-corrected chi connectivity index (χ3v) is 5.91. The molecule has 1 aliphatic carbocycles. The average Bonchev–Trinajstić information content (AvgIpc) is 3.15. The van der Waals surface area contributed by atoms with E-state index in [-0.39, 0.29) is 24.6 Å². The number of hydrogen-bond donors (Lipinski definition) is 2.